The predicted molar refractivity (Wildman–Crippen MR) is 61.9 cm³/mol. The van der Waals surface area contributed by atoms with Gasteiger partial charge in [0.15, 0.2) is 0 Å². The molecule has 0 amide bonds. The van der Waals surface area contributed by atoms with E-state index >= 15 is 0 Å². The maximum Gasteiger partial charge on any atom is 0.0637 e. The number of likely N-dealkylation sites (N-methyl/N-ethyl adjacent to an activating group) is 1. The average molecular weight is 209 g/mol. The van der Waals surface area contributed by atoms with Crippen LogP contribution in [0.5, 0.6) is 0 Å². The van der Waals surface area contributed by atoms with Gasteiger partial charge >= 0.3 is 0 Å². The predicted octanol–water partition coefficient (Wildman–Crippen LogP) is 1.01. The topological polar surface area (TPSA) is 51.4 Å². The fraction of sp³-hybridized carbons (Fsp3) is 0.545. The maximum atomic E-state index is 5.67. The van der Waals surface area contributed by atoms with Crippen molar-refractivity contribution in [1.29, 1.82) is 0 Å². The number of methoxy groups -OCH3 is 1. The van der Waals surface area contributed by atoms with Crippen LogP contribution in [0.3, 0.4) is 0 Å². The molecule has 0 aliphatic rings. The lowest BCUT2D eigenvalue weighted by Crippen LogP contribution is -2.28. The highest BCUT2D eigenvalue weighted by molar-refractivity contribution is 5.52. The maximum absolute atomic E-state index is 5.67. The van der Waals surface area contributed by atoms with Gasteiger partial charge in [0.2, 0.25) is 0 Å². The van der Waals surface area contributed by atoms with Gasteiger partial charge in [-0.3, -0.25) is 4.98 Å². The van der Waals surface area contributed by atoms with Crippen LogP contribution < -0.4 is 10.6 Å². The minimum atomic E-state index is 0.520. The Hall–Kier alpha value is -1.13. The van der Waals surface area contributed by atoms with Gasteiger partial charge in [-0.2, -0.15) is 0 Å². The van der Waals surface area contributed by atoms with Crippen LogP contribution >= 0.6 is 0 Å². The number of hydrogen-bond donors (Lipinski definition) is 1. The van der Waals surface area contributed by atoms with Crippen molar-refractivity contribution in [3.8, 4) is 0 Å². The van der Waals surface area contributed by atoms with Gasteiger partial charge in [0.25, 0.3) is 0 Å². The van der Waals surface area contributed by atoms with Crippen molar-refractivity contribution in [2.24, 2.45) is 5.73 Å². The van der Waals surface area contributed by atoms with Crippen molar-refractivity contribution in [3.05, 3.63) is 24.0 Å². The zero-order valence-electron chi connectivity index (χ0n) is 9.44. The van der Waals surface area contributed by atoms with Crippen molar-refractivity contribution in [3.63, 3.8) is 0 Å². The molecule has 84 valence electrons. The Morgan fingerprint density at radius 3 is 2.93 bits per heavy atom. The first-order valence-corrected chi connectivity index (χ1v) is 5.20. The Morgan fingerprint density at radius 2 is 2.33 bits per heavy atom. The highest BCUT2D eigenvalue weighted by Crippen LogP contribution is 2.18. The second-order valence-corrected chi connectivity index (χ2v) is 3.28. The van der Waals surface area contributed by atoms with E-state index in [2.05, 4.69) is 16.8 Å². The largest absolute Gasteiger partial charge is 0.383 e. The Kier molecular flexibility index (Phi) is 5.07. The number of rotatable bonds is 6. The van der Waals surface area contributed by atoms with Gasteiger partial charge in [0, 0.05) is 50.4 Å². The van der Waals surface area contributed by atoms with Gasteiger partial charge < -0.3 is 15.4 Å². The number of nitrogens with zero attached hydrogens (tertiary/aromatic N) is 2. The highest BCUT2D eigenvalue weighted by atomic mass is 16.5. The second-order valence-electron chi connectivity index (χ2n) is 3.28. The van der Waals surface area contributed by atoms with Gasteiger partial charge in [-0.1, -0.05) is 0 Å². The molecule has 0 aliphatic carbocycles. The van der Waals surface area contributed by atoms with Gasteiger partial charge in [0.05, 0.1) is 6.61 Å². The first-order chi connectivity index (χ1) is 7.33. The molecule has 4 heteroatoms. The summed E-state index contributed by atoms with van der Waals surface area (Å²) in [6.07, 6.45) is 3.62. The molecule has 0 unspecified atom stereocenters. The molecule has 1 rings (SSSR count). The van der Waals surface area contributed by atoms with Crippen LogP contribution in [0.15, 0.2) is 18.5 Å². The van der Waals surface area contributed by atoms with Crippen LogP contribution in [0.1, 0.15) is 12.5 Å². The minimum absolute atomic E-state index is 0.520. The summed E-state index contributed by atoms with van der Waals surface area (Å²) in [7, 11) is 1.71. The molecular formula is C11H19N3O. The Morgan fingerprint density at radius 1 is 1.53 bits per heavy atom. The third-order valence-electron chi connectivity index (χ3n) is 2.39. The van der Waals surface area contributed by atoms with Crippen molar-refractivity contribution < 1.29 is 4.74 Å². The van der Waals surface area contributed by atoms with E-state index in [9.17, 15) is 0 Å². The molecule has 0 bridgehead atoms. The summed E-state index contributed by atoms with van der Waals surface area (Å²) in [5, 5.41) is 0. The number of nitrogens with two attached hydrogens (primary N) is 1. The zero-order chi connectivity index (χ0) is 11.1. The summed E-state index contributed by atoms with van der Waals surface area (Å²) < 4.78 is 5.08. The monoisotopic (exact) mass is 209 g/mol. The lowest BCUT2D eigenvalue weighted by atomic mass is 10.2. The van der Waals surface area contributed by atoms with Crippen molar-refractivity contribution in [2.45, 2.75) is 13.5 Å². The Bertz CT molecular complexity index is 291. The van der Waals surface area contributed by atoms with E-state index in [4.69, 9.17) is 10.5 Å². The molecule has 0 aliphatic heterocycles. The van der Waals surface area contributed by atoms with E-state index in [0.717, 1.165) is 30.9 Å². The summed E-state index contributed by atoms with van der Waals surface area (Å²) in [5.74, 6) is 0. The van der Waals surface area contributed by atoms with Crippen LogP contribution in [0.4, 0.5) is 5.69 Å². The SMILES string of the molecule is CCN(CCOC)c1ccncc1CN. The summed E-state index contributed by atoms with van der Waals surface area (Å²) in [6.45, 7) is 5.19. The lowest BCUT2D eigenvalue weighted by Gasteiger charge is -2.24. The van der Waals surface area contributed by atoms with Crippen molar-refractivity contribution >= 4 is 5.69 Å². The van der Waals surface area contributed by atoms with E-state index in [-0.39, 0.29) is 0 Å². The molecular weight excluding hydrogens is 190 g/mol. The summed E-state index contributed by atoms with van der Waals surface area (Å²) in [5.41, 5.74) is 7.91. The van der Waals surface area contributed by atoms with Crippen molar-refractivity contribution in [2.75, 3.05) is 31.7 Å². The van der Waals surface area contributed by atoms with Crippen LogP contribution in [0.25, 0.3) is 0 Å². The minimum Gasteiger partial charge on any atom is -0.383 e. The van der Waals surface area contributed by atoms with Crippen LogP contribution in [0, 0.1) is 0 Å². The lowest BCUT2D eigenvalue weighted by molar-refractivity contribution is 0.205. The van der Waals surface area contributed by atoms with E-state index in [1.807, 2.05) is 12.3 Å². The fourth-order valence-corrected chi connectivity index (χ4v) is 1.54. The summed E-state index contributed by atoms with van der Waals surface area (Å²) in [4.78, 5) is 6.32. The molecule has 15 heavy (non-hydrogen) atoms. The smallest absolute Gasteiger partial charge is 0.0637 e. The molecule has 0 radical (unpaired) electrons. The van der Waals surface area contributed by atoms with Gasteiger partial charge in [-0.15, -0.1) is 0 Å². The fourth-order valence-electron chi connectivity index (χ4n) is 1.54. The van der Waals surface area contributed by atoms with Gasteiger partial charge in [-0.05, 0) is 13.0 Å². The third-order valence-corrected chi connectivity index (χ3v) is 2.39. The molecule has 0 saturated carbocycles. The van der Waals surface area contributed by atoms with E-state index < -0.39 is 0 Å². The van der Waals surface area contributed by atoms with Crippen LogP contribution in [-0.4, -0.2) is 31.8 Å². The molecule has 0 aromatic carbocycles. The molecule has 1 heterocycles. The molecule has 0 fully saturated rings. The highest BCUT2D eigenvalue weighted by Gasteiger charge is 2.07. The first kappa shape index (κ1) is 11.9. The normalized spacial score (nSPS) is 10.3. The summed E-state index contributed by atoms with van der Waals surface area (Å²) in [6, 6.07) is 2.00. The third kappa shape index (κ3) is 3.18. The molecule has 2 N–H and O–H groups in total. The molecule has 0 saturated heterocycles. The first-order valence-electron chi connectivity index (χ1n) is 5.20. The Balaban J connectivity index is 2.80. The number of ether oxygens (including phenoxy) is 1. The quantitative estimate of drug-likeness (QED) is 0.759. The van der Waals surface area contributed by atoms with Gasteiger partial charge in [-0.25, -0.2) is 0 Å². The van der Waals surface area contributed by atoms with E-state index in [0.29, 0.717) is 6.54 Å². The van der Waals surface area contributed by atoms with E-state index in [1.54, 1.807) is 13.3 Å². The van der Waals surface area contributed by atoms with Gasteiger partial charge in [0.1, 0.15) is 0 Å². The number of hydrogen-bond acceptors (Lipinski definition) is 4. The molecule has 1 aromatic rings. The number of aromatic nitrogens is 1. The zero-order valence-corrected chi connectivity index (χ0v) is 9.44. The standard InChI is InChI=1S/C11H19N3O/c1-3-14(6-7-15-2)11-4-5-13-9-10(11)8-12/h4-5,9H,3,6-8,12H2,1-2H3. The molecule has 0 atom stereocenters. The number of pyridine rings is 1. The van der Waals surface area contributed by atoms with E-state index in [1.165, 1.54) is 0 Å². The van der Waals surface area contributed by atoms with Crippen LogP contribution in [0.2, 0.25) is 0 Å². The molecule has 0 spiro atoms. The average Bonchev–Trinajstić information content (AvgIpc) is 2.30. The van der Waals surface area contributed by atoms with Crippen LogP contribution in [-0.2, 0) is 11.3 Å². The number of anilines is 1. The molecule has 4 nitrogen and oxygen atoms in total. The second kappa shape index (κ2) is 6.37. The summed E-state index contributed by atoms with van der Waals surface area (Å²) >= 11 is 0. The Labute approximate surface area is 91.1 Å². The molecule has 1 aromatic heterocycles. The van der Waals surface area contributed by atoms with Crippen molar-refractivity contribution in [1.82, 2.24) is 4.98 Å².